The van der Waals surface area contributed by atoms with Crippen molar-refractivity contribution >= 4 is 28.6 Å². The minimum absolute atomic E-state index is 0.589. The second kappa shape index (κ2) is 6.80. The van der Waals surface area contributed by atoms with Gasteiger partial charge in [-0.15, -0.1) is 0 Å². The number of aryl methyl sites for hydroxylation is 1. The quantitative estimate of drug-likeness (QED) is 0.751. The highest BCUT2D eigenvalue weighted by molar-refractivity contribution is 6.31. The topological polar surface area (TPSA) is 43.8 Å². The van der Waals surface area contributed by atoms with Gasteiger partial charge in [-0.1, -0.05) is 50.6 Å². The number of nitrogens with zero attached hydrogens (tertiary/aromatic N) is 2. The maximum Gasteiger partial charge on any atom is 0.201 e. The maximum absolute atomic E-state index is 5.97. The Morgan fingerprint density at radius 3 is 2.68 bits per heavy atom. The summed E-state index contributed by atoms with van der Waals surface area (Å²) in [5.74, 6) is 0.589. The molecule has 0 spiro atoms. The number of fused-ring (bicyclic) bond motifs is 1. The molecule has 1 aromatic carbocycles. The molecule has 4 heteroatoms. The molecule has 0 amide bonds. The normalized spacial score (nSPS) is 11.3. The molecule has 1 heterocycles. The highest BCUT2D eigenvalue weighted by Gasteiger charge is 2.07. The lowest BCUT2D eigenvalue weighted by Gasteiger charge is -2.06. The van der Waals surface area contributed by atoms with E-state index in [0.717, 1.165) is 24.0 Å². The fraction of sp³-hybridized carbons (Fsp3) is 0.533. The summed E-state index contributed by atoms with van der Waals surface area (Å²) in [5.41, 5.74) is 7.94. The molecule has 2 aromatic rings. The Kier molecular flexibility index (Phi) is 5.08. The number of hydrogen-bond acceptors (Lipinski definition) is 2. The van der Waals surface area contributed by atoms with Crippen molar-refractivity contribution in [3.8, 4) is 0 Å². The molecule has 104 valence electrons. The van der Waals surface area contributed by atoms with Crippen LogP contribution in [0, 0.1) is 0 Å². The number of nitrogen functional groups attached to an aromatic ring is 1. The second-order valence-corrected chi connectivity index (χ2v) is 5.46. The first kappa shape index (κ1) is 14.2. The van der Waals surface area contributed by atoms with Gasteiger partial charge in [-0.3, -0.25) is 0 Å². The van der Waals surface area contributed by atoms with Crippen LogP contribution < -0.4 is 5.73 Å². The van der Waals surface area contributed by atoms with E-state index in [-0.39, 0.29) is 0 Å². The van der Waals surface area contributed by atoms with Gasteiger partial charge >= 0.3 is 0 Å². The molecule has 3 nitrogen and oxygen atoms in total. The SMILES string of the molecule is CCCCCCCCn1c(N)nc2cc(Cl)ccc21. The van der Waals surface area contributed by atoms with Crippen molar-refractivity contribution in [2.24, 2.45) is 0 Å². The molecule has 0 aliphatic carbocycles. The molecule has 2 rings (SSSR count). The largest absolute Gasteiger partial charge is 0.369 e. The van der Waals surface area contributed by atoms with Gasteiger partial charge in [-0.05, 0) is 24.6 Å². The van der Waals surface area contributed by atoms with Gasteiger partial charge in [0, 0.05) is 11.6 Å². The summed E-state index contributed by atoms with van der Waals surface area (Å²) < 4.78 is 2.09. The average Bonchev–Trinajstić information content (AvgIpc) is 2.69. The van der Waals surface area contributed by atoms with Crippen LogP contribution in [0.25, 0.3) is 11.0 Å². The van der Waals surface area contributed by atoms with E-state index in [9.17, 15) is 0 Å². The molecular formula is C15H22ClN3. The van der Waals surface area contributed by atoms with Crippen LogP contribution in [0.2, 0.25) is 5.02 Å². The van der Waals surface area contributed by atoms with E-state index >= 15 is 0 Å². The lowest BCUT2D eigenvalue weighted by molar-refractivity contribution is 0.567. The zero-order chi connectivity index (χ0) is 13.7. The Hall–Kier alpha value is -1.22. The third-order valence-electron chi connectivity index (χ3n) is 3.48. The lowest BCUT2D eigenvalue weighted by atomic mass is 10.1. The number of benzene rings is 1. The standard InChI is InChI=1S/C15H22ClN3/c1-2-3-4-5-6-7-10-19-14-9-8-12(16)11-13(14)18-15(19)17/h8-9,11H,2-7,10H2,1H3,(H2,17,18). The number of nitrogens with two attached hydrogens (primary N) is 1. The van der Waals surface area contributed by atoms with E-state index in [0.29, 0.717) is 11.0 Å². The molecule has 19 heavy (non-hydrogen) atoms. The van der Waals surface area contributed by atoms with Crippen molar-refractivity contribution in [2.45, 2.75) is 52.0 Å². The fourth-order valence-corrected chi connectivity index (χ4v) is 2.57. The number of imidazole rings is 1. The van der Waals surface area contributed by atoms with E-state index in [1.165, 1.54) is 32.1 Å². The van der Waals surface area contributed by atoms with Gasteiger partial charge in [-0.2, -0.15) is 0 Å². The summed E-state index contributed by atoms with van der Waals surface area (Å²) in [6, 6.07) is 5.76. The molecule has 0 aliphatic rings. The number of anilines is 1. The van der Waals surface area contributed by atoms with Crippen LogP contribution in [0.15, 0.2) is 18.2 Å². The summed E-state index contributed by atoms with van der Waals surface area (Å²) in [4.78, 5) is 4.36. The molecule has 0 saturated carbocycles. The van der Waals surface area contributed by atoms with Gasteiger partial charge in [0.25, 0.3) is 0 Å². The first-order chi connectivity index (χ1) is 9.22. The molecule has 0 saturated heterocycles. The Balaban J connectivity index is 1.95. The van der Waals surface area contributed by atoms with Gasteiger partial charge in [-0.25, -0.2) is 4.98 Å². The predicted octanol–water partition coefficient (Wildman–Crippen LogP) is 4.63. The molecule has 0 radical (unpaired) electrons. The number of aromatic nitrogens is 2. The van der Waals surface area contributed by atoms with Crippen LogP contribution in [0.1, 0.15) is 45.4 Å². The minimum atomic E-state index is 0.589. The molecule has 1 aromatic heterocycles. The minimum Gasteiger partial charge on any atom is -0.369 e. The van der Waals surface area contributed by atoms with Crippen molar-refractivity contribution in [3.63, 3.8) is 0 Å². The summed E-state index contributed by atoms with van der Waals surface area (Å²) in [5, 5.41) is 0.705. The van der Waals surface area contributed by atoms with Gasteiger partial charge in [0.05, 0.1) is 11.0 Å². The van der Waals surface area contributed by atoms with Crippen LogP contribution in [0.3, 0.4) is 0 Å². The molecular weight excluding hydrogens is 258 g/mol. The van der Waals surface area contributed by atoms with E-state index < -0.39 is 0 Å². The number of halogens is 1. The molecule has 0 unspecified atom stereocenters. The third-order valence-corrected chi connectivity index (χ3v) is 3.71. The predicted molar refractivity (Wildman–Crippen MR) is 82.5 cm³/mol. The van der Waals surface area contributed by atoms with Gasteiger partial charge in [0.15, 0.2) is 0 Å². The third kappa shape index (κ3) is 3.63. The Morgan fingerprint density at radius 2 is 1.89 bits per heavy atom. The molecule has 0 bridgehead atoms. The Labute approximate surface area is 119 Å². The van der Waals surface area contributed by atoms with Crippen molar-refractivity contribution in [3.05, 3.63) is 23.2 Å². The van der Waals surface area contributed by atoms with Crippen LogP contribution in [0.4, 0.5) is 5.95 Å². The van der Waals surface area contributed by atoms with Crippen molar-refractivity contribution in [1.29, 1.82) is 0 Å². The first-order valence-corrected chi connectivity index (χ1v) is 7.51. The van der Waals surface area contributed by atoms with Crippen molar-refractivity contribution in [2.75, 3.05) is 5.73 Å². The summed E-state index contributed by atoms with van der Waals surface area (Å²) in [6.07, 6.45) is 7.70. The van der Waals surface area contributed by atoms with E-state index in [4.69, 9.17) is 17.3 Å². The molecule has 0 aliphatic heterocycles. The van der Waals surface area contributed by atoms with Crippen LogP contribution in [-0.4, -0.2) is 9.55 Å². The highest BCUT2D eigenvalue weighted by atomic mass is 35.5. The maximum atomic E-state index is 5.97. The molecule has 2 N–H and O–H groups in total. The van der Waals surface area contributed by atoms with E-state index in [2.05, 4.69) is 16.5 Å². The van der Waals surface area contributed by atoms with Gasteiger partial charge in [0.2, 0.25) is 5.95 Å². The van der Waals surface area contributed by atoms with Gasteiger partial charge in [0.1, 0.15) is 0 Å². The fourth-order valence-electron chi connectivity index (χ4n) is 2.41. The Bertz CT molecular complexity index is 533. The van der Waals surface area contributed by atoms with Crippen molar-refractivity contribution < 1.29 is 0 Å². The zero-order valence-corrected chi connectivity index (χ0v) is 12.3. The molecule has 0 atom stereocenters. The van der Waals surface area contributed by atoms with Crippen LogP contribution in [-0.2, 0) is 6.54 Å². The summed E-state index contributed by atoms with van der Waals surface area (Å²) >= 11 is 5.97. The number of hydrogen-bond donors (Lipinski definition) is 1. The summed E-state index contributed by atoms with van der Waals surface area (Å²) in [7, 11) is 0. The van der Waals surface area contributed by atoms with E-state index in [1.807, 2.05) is 18.2 Å². The average molecular weight is 280 g/mol. The molecule has 0 fully saturated rings. The highest BCUT2D eigenvalue weighted by Crippen LogP contribution is 2.22. The lowest BCUT2D eigenvalue weighted by Crippen LogP contribution is -2.03. The zero-order valence-electron chi connectivity index (χ0n) is 11.5. The second-order valence-electron chi connectivity index (χ2n) is 5.02. The number of unbranched alkanes of at least 4 members (excludes halogenated alkanes) is 5. The number of rotatable bonds is 7. The van der Waals surface area contributed by atoms with Crippen LogP contribution in [0.5, 0.6) is 0 Å². The summed E-state index contributed by atoms with van der Waals surface area (Å²) in [6.45, 7) is 3.18. The monoisotopic (exact) mass is 279 g/mol. The Morgan fingerprint density at radius 1 is 1.16 bits per heavy atom. The van der Waals surface area contributed by atoms with Gasteiger partial charge < -0.3 is 10.3 Å². The van der Waals surface area contributed by atoms with Crippen LogP contribution >= 0.6 is 11.6 Å². The first-order valence-electron chi connectivity index (χ1n) is 7.13. The van der Waals surface area contributed by atoms with E-state index in [1.54, 1.807) is 0 Å². The van der Waals surface area contributed by atoms with Crippen molar-refractivity contribution in [1.82, 2.24) is 9.55 Å². The smallest absolute Gasteiger partial charge is 0.201 e.